The topological polar surface area (TPSA) is 76.2 Å². The molecule has 82 valence electrons. The predicted octanol–water partition coefficient (Wildman–Crippen LogP) is 1.83. The molecule has 0 unspecified atom stereocenters. The molecule has 1 heterocycles. The first kappa shape index (κ1) is 11.8. The van der Waals surface area contributed by atoms with Crippen LogP contribution in [0.1, 0.15) is 28.0 Å². The standard InChI is InChI=1S/C8H7ClF2N2O2/c9-3-2-13-4(1-12)6(8(14)15)5(3)7(10)11/h2,7H,1,12H2,(H,14,15). The molecular formula is C8H7ClF2N2O2. The molecule has 0 aromatic carbocycles. The first-order valence-electron chi connectivity index (χ1n) is 3.87. The number of aromatic carboxylic acids is 1. The van der Waals surface area contributed by atoms with Gasteiger partial charge in [-0.05, 0) is 0 Å². The first-order valence-corrected chi connectivity index (χ1v) is 4.25. The number of hydrogen-bond donors (Lipinski definition) is 2. The highest BCUT2D eigenvalue weighted by atomic mass is 35.5. The summed E-state index contributed by atoms with van der Waals surface area (Å²) in [5.41, 5.74) is 3.74. The van der Waals surface area contributed by atoms with E-state index in [1.807, 2.05) is 0 Å². The van der Waals surface area contributed by atoms with E-state index < -0.39 is 23.5 Å². The van der Waals surface area contributed by atoms with Gasteiger partial charge in [-0.2, -0.15) is 0 Å². The Kier molecular flexibility index (Phi) is 3.54. The fourth-order valence-corrected chi connectivity index (χ4v) is 1.38. The third-order valence-electron chi connectivity index (χ3n) is 1.77. The lowest BCUT2D eigenvalue weighted by atomic mass is 10.1. The SMILES string of the molecule is NCc1ncc(Cl)c(C(F)F)c1C(=O)O. The summed E-state index contributed by atoms with van der Waals surface area (Å²) in [5.74, 6) is -1.51. The smallest absolute Gasteiger partial charge is 0.338 e. The number of carboxylic acid groups (broad SMARTS) is 1. The van der Waals surface area contributed by atoms with Crippen molar-refractivity contribution in [2.75, 3.05) is 0 Å². The number of carboxylic acids is 1. The summed E-state index contributed by atoms with van der Waals surface area (Å²) in [6.07, 6.45) is -2.01. The van der Waals surface area contributed by atoms with Gasteiger partial charge in [-0.1, -0.05) is 11.6 Å². The number of halogens is 3. The molecule has 0 atom stereocenters. The fourth-order valence-electron chi connectivity index (χ4n) is 1.15. The lowest BCUT2D eigenvalue weighted by molar-refractivity contribution is 0.0682. The number of nitrogens with zero attached hydrogens (tertiary/aromatic N) is 1. The number of alkyl halides is 2. The second-order valence-electron chi connectivity index (χ2n) is 2.65. The molecule has 1 aromatic heterocycles. The molecule has 0 aliphatic heterocycles. The lowest BCUT2D eigenvalue weighted by Gasteiger charge is -2.10. The van der Waals surface area contributed by atoms with Gasteiger partial charge in [0.1, 0.15) is 0 Å². The van der Waals surface area contributed by atoms with E-state index in [0.29, 0.717) is 0 Å². The van der Waals surface area contributed by atoms with Crippen LogP contribution in [-0.2, 0) is 6.54 Å². The maximum Gasteiger partial charge on any atom is 0.338 e. The number of rotatable bonds is 3. The van der Waals surface area contributed by atoms with Crippen molar-refractivity contribution in [2.45, 2.75) is 13.0 Å². The Bertz CT molecular complexity index is 398. The van der Waals surface area contributed by atoms with E-state index in [2.05, 4.69) is 4.98 Å². The molecule has 0 aliphatic rings. The zero-order valence-corrected chi connectivity index (χ0v) is 8.13. The van der Waals surface area contributed by atoms with Crippen molar-refractivity contribution in [3.8, 4) is 0 Å². The Labute approximate surface area is 88.7 Å². The maximum absolute atomic E-state index is 12.5. The molecule has 0 fully saturated rings. The van der Waals surface area contributed by atoms with E-state index in [9.17, 15) is 13.6 Å². The van der Waals surface area contributed by atoms with Crippen molar-refractivity contribution in [2.24, 2.45) is 5.73 Å². The fraction of sp³-hybridized carbons (Fsp3) is 0.250. The molecule has 1 aromatic rings. The van der Waals surface area contributed by atoms with Gasteiger partial charge in [0.25, 0.3) is 6.43 Å². The lowest BCUT2D eigenvalue weighted by Crippen LogP contribution is -2.13. The molecule has 7 heteroatoms. The minimum atomic E-state index is -2.98. The minimum Gasteiger partial charge on any atom is -0.478 e. The van der Waals surface area contributed by atoms with Crippen LogP contribution in [0, 0.1) is 0 Å². The van der Waals surface area contributed by atoms with Crippen molar-refractivity contribution in [3.05, 3.63) is 28.0 Å². The summed E-state index contributed by atoms with van der Waals surface area (Å²) in [6, 6.07) is 0. The van der Waals surface area contributed by atoms with Crippen molar-refractivity contribution >= 4 is 17.6 Å². The molecule has 0 spiro atoms. The van der Waals surface area contributed by atoms with Gasteiger partial charge >= 0.3 is 5.97 Å². The quantitative estimate of drug-likeness (QED) is 0.839. The van der Waals surface area contributed by atoms with Crippen LogP contribution in [0.5, 0.6) is 0 Å². The van der Waals surface area contributed by atoms with Crippen molar-refractivity contribution in [1.82, 2.24) is 4.98 Å². The number of nitrogens with two attached hydrogens (primary N) is 1. The van der Waals surface area contributed by atoms with Gasteiger partial charge in [0.05, 0.1) is 21.8 Å². The van der Waals surface area contributed by atoms with E-state index in [-0.39, 0.29) is 17.3 Å². The van der Waals surface area contributed by atoms with Gasteiger partial charge in [0, 0.05) is 12.7 Å². The predicted molar refractivity (Wildman–Crippen MR) is 49.1 cm³/mol. The van der Waals surface area contributed by atoms with Crippen LogP contribution in [0.25, 0.3) is 0 Å². The van der Waals surface area contributed by atoms with E-state index in [1.54, 1.807) is 0 Å². The van der Waals surface area contributed by atoms with Crippen molar-refractivity contribution in [3.63, 3.8) is 0 Å². The normalized spacial score (nSPS) is 10.7. The summed E-state index contributed by atoms with van der Waals surface area (Å²) in [5, 5.41) is 8.39. The number of pyridine rings is 1. The van der Waals surface area contributed by atoms with Gasteiger partial charge in [-0.25, -0.2) is 13.6 Å². The molecular weight excluding hydrogens is 230 g/mol. The van der Waals surface area contributed by atoms with E-state index in [0.717, 1.165) is 6.20 Å². The third-order valence-corrected chi connectivity index (χ3v) is 2.08. The molecule has 3 N–H and O–H groups in total. The molecule has 0 saturated carbocycles. The minimum absolute atomic E-state index is 0.109. The molecule has 0 amide bonds. The van der Waals surface area contributed by atoms with Crippen LogP contribution in [0.15, 0.2) is 6.20 Å². The second kappa shape index (κ2) is 4.50. The molecule has 0 bridgehead atoms. The average Bonchev–Trinajstić information content (AvgIpc) is 2.16. The van der Waals surface area contributed by atoms with Gasteiger partial charge in [-0.15, -0.1) is 0 Å². The number of aromatic nitrogens is 1. The summed E-state index contributed by atoms with van der Waals surface area (Å²) in [4.78, 5) is 14.4. The van der Waals surface area contributed by atoms with Gasteiger partial charge in [0.2, 0.25) is 0 Å². The van der Waals surface area contributed by atoms with Crippen LogP contribution in [0.2, 0.25) is 5.02 Å². The molecule has 0 aliphatic carbocycles. The van der Waals surface area contributed by atoms with E-state index >= 15 is 0 Å². The number of carbonyl (C=O) groups is 1. The van der Waals surface area contributed by atoms with Crippen molar-refractivity contribution in [1.29, 1.82) is 0 Å². The Morgan fingerprint density at radius 3 is 2.67 bits per heavy atom. The summed E-state index contributed by atoms with van der Waals surface area (Å²) in [7, 11) is 0. The first-order chi connectivity index (χ1) is 6.99. The highest BCUT2D eigenvalue weighted by Gasteiger charge is 2.25. The average molecular weight is 237 g/mol. The van der Waals surface area contributed by atoms with Crippen LogP contribution in [-0.4, -0.2) is 16.1 Å². The second-order valence-corrected chi connectivity index (χ2v) is 3.06. The molecule has 0 saturated heterocycles. The highest BCUT2D eigenvalue weighted by molar-refractivity contribution is 6.31. The van der Waals surface area contributed by atoms with Gasteiger partial charge < -0.3 is 10.8 Å². The van der Waals surface area contributed by atoms with E-state index in [1.165, 1.54) is 0 Å². The summed E-state index contributed by atoms with van der Waals surface area (Å²) < 4.78 is 25.1. The Hall–Kier alpha value is -1.27. The van der Waals surface area contributed by atoms with Crippen LogP contribution in [0.4, 0.5) is 8.78 Å². The Balaban J connectivity index is 3.51. The van der Waals surface area contributed by atoms with Gasteiger partial charge in [-0.3, -0.25) is 4.98 Å². The zero-order chi connectivity index (χ0) is 11.6. The monoisotopic (exact) mass is 236 g/mol. The Morgan fingerprint density at radius 1 is 1.67 bits per heavy atom. The third kappa shape index (κ3) is 2.21. The molecule has 1 rings (SSSR count). The molecule has 0 radical (unpaired) electrons. The summed E-state index contributed by atoms with van der Waals surface area (Å²) >= 11 is 5.45. The number of hydrogen-bond acceptors (Lipinski definition) is 3. The largest absolute Gasteiger partial charge is 0.478 e. The summed E-state index contributed by atoms with van der Waals surface area (Å²) in [6.45, 7) is -0.238. The maximum atomic E-state index is 12.5. The molecule has 15 heavy (non-hydrogen) atoms. The Morgan fingerprint density at radius 2 is 2.27 bits per heavy atom. The highest BCUT2D eigenvalue weighted by Crippen LogP contribution is 2.31. The van der Waals surface area contributed by atoms with Crippen LogP contribution in [0.3, 0.4) is 0 Å². The van der Waals surface area contributed by atoms with Crippen LogP contribution < -0.4 is 5.73 Å². The zero-order valence-electron chi connectivity index (χ0n) is 7.38. The van der Waals surface area contributed by atoms with Crippen molar-refractivity contribution < 1.29 is 18.7 Å². The van der Waals surface area contributed by atoms with Gasteiger partial charge in [0.15, 0.2) is 0 Å². The molecule has 4 nitrogen and oxygen atoms in total. The van der Waals surface area contributed by atoms with Crippen LogP contribution >= 0.6 is 11.6 Å². The van der Waals surface area contributed by atoms with E-state index in [4.69, 9.17) is 22.4 Å².